The molecular formula is C17H29NO2. The van der Waals surface area contributed by atoms with Crippen molar-refractivity contribution in [2.75, 3.05) is 18.4 Å². The van der Waals surface area contributed by atoms with Crippen molar-refractivity contribution in [1.82, 2.24) is 0 Å². The summed E-state index contributed by atoms with van der Waals surface area (Å²) < 4.78 is 11.8. The number of hydrogen-bond donors (Lipinski definition) is 0. The number of anilines is 1. The summed E-state index contributed by atoms with van der Waals surface area (Å²) in [5.74, 6) is 0. The molecule has 0 fully saturated rings. The molecule has 0 N–H and O–H groups in total. The second kappa shape index (κ2) is 6.59. The van der Waals surface area contributed by atoms with E-state index in [1.165, 1.54) is 5.56 Å². The first-order valence-corrected chi connectivity index (χ1v) is 7.17. The Morgan fingerprint density at radius 1 is 0.850 bits per heavy atom. The number of hydrogen-bond acceptors (Lipinski definition) is 3. The molecule has 0 aliphatic rings. The normalized spacial score (nSPS) is 12.6. The number of aryl methyl sites for hydroxylation is 1. The average Bonchev–Trinajstić information content (AvgIpc) is 2.28. The quantitative estimate of drug-likeness (QED) is 0.748. The number of nitrogens with zero attached hydrogens (tertiary/aromatic N) is 1. The molecule has 0 unspecified atom stereocenters. The van der Waals surface area contributed by atoms with Gasteiger partial charge in [0.25, 0.3) is 0 Å². The molecule has 0 aliphatic heterocycles. The van der Waals surface area contributed by atoms with Gasteiger partial charge in [-0.1, -0.05) is 18.2 Å². The minimum absolute atomic E-state index is 0.164. The Labute approximate surface area is 123 Å². The monoisotopic (exact) mass is 279 g/mol. The van der Waals surface area contributed by atoms with Crippen LogP contribution in [0.3, 0.4) is 0 Å². The highest BCUT2D eigenvalue weighted by molar-refractivity contribution is 5.52. The maximum Gasteiger partial charge on any atom is 0.121 e. The summed E-state index contributed by atoms with van der Waals surface area (Å²) >= 11 is 0. The molecule has 0 atom stereocenters. The molecule has 0 saturated heterocycles. The van der Waals surface area contributed by atoms with Crippen molar-refractivity contribution < 1.29 is 9.47 Å². The molecular weight excluding hydrogens is 250 g/mol. The van der Waals surface area contributed by atoms with Gasteiger partial charge in [-0.2, -0.15) is 0 Å². The standard InChI is InChI=1S/C17H29NO2/c1-14-10-8-9-11-15(14)18(12-19-16(2,3)4)13-20-17(5,6)7/h8-11H,12-13H2,1-7H3. The van der Waals surface area contributed by atoms with E-state index in [9.17, 15) is 0 Å². The van der Waals surface area contributed by atoms with Gasteiger partial charge >= 0.3 is 0 Å². The van der Waals surface area contributed by atoms with Gasteiger partial charge in [-0.25, -0.2) is 0 Å². The predicted octanol–water partition coefficient (Wildman–Crippen LogP) is 4.35. The smallest absolute Gasteiger partial charge is 0.121 e. The molecule has 0 aliphatic carbocycles. The van der Waals surface area contributed by atoms with Crippen LogP contribution < -0.4 is 4.90 Å². The van der Waals surface area contributed by atoms with Gasteiger partial charge < -0.3 is 14.4 Å². The van der Waals surface area contributed by atoms with Crippen molar-refractivity contribution in [3.8, 4) is 0 Å². The lowest BCUT2D eigenvalue weighted by Gasteiger charge is -2.32. The maximum atomic E-state index is 5.91. The van der Waals surface area contributed by atoms with Crippen LogP contribution in [0.15, 0.2) is 24.3 Å². The Kier molecular flexibility index (Phi) is 5.60. The van der Waals surface area contributed by atoms with Gasteiger partial charge in [0.15, 0.2) is 0 Å². The van der Waals surface area contributed by atoms with Crippen LogP contribution >= 0.6 is 0 Å². The van der Waals surface area contributed by atoms with Gasteiger partial charge in [-0.15, -0.1) is 0 Å². The van der Waals surface area contributed by atoms with Crippen LogP contribution in [-0.4, -0.2) is 24.7 Å². The summed E-state index contributed by atoms with van der Waals surface area (Å²) in [6.07, 6.45) is 0. The van der Waals surface area contributed by atoms with Crippen molar-refractivity contribution in [2.45, 2.75) is 59.7 Å². The van der Waals surface area contributed by atoms with Crippen LogP contribution in [0.5, 0.6) is 0 Å². The van der Waals surface area contributed by atoms with E-state index in [-0.39, 0.29) is 11.2 Å². The first kappa shape index (κ1) is 17.0. The highest BCUT2D eigenvalue weighted by atomic mass is 16.5. The minimum atomic E-state index is -0.164. The zero-order valence-electron chi connectivity index (χ0n) is 14.0. The molecule has 0 spiro atoms. The lowest BCUT2D eigenvalue weighted by atomic mass is 10.2. The summed E-state index contributed by atoms with van der Waals surface area (Å²) in [5, 5.41) is 0. The van der Waals surface area contributed by atoms with E-state index in [1.807, 2.05) is 12.1 Å². The van der Waals surface area contributed by atoms with E-state index in [0.29, 0.717) is 13.5 Å². The highest BCUT2D eigenvalue weighted by Gasteiger charge is 2.18. The number of ether oxygens (including phenoxy) is 2. The second-order valence-electron chi connectivity index (χ2n) is 7.10. The van der Waals surface area contributed by atoms with Crippen LogP contribution in [0.4, 0.5) is 5.69 Å². The molecule has 0 amide bonds. The molecule has 0 radical (unpaired) electrons. The summed E-state index contributed by atoms with van der Waals surface area (Å²) in [6.45, 7) is 15.5. The SMILES string of the molecule is Cc1ccccc1N(COC(C)(C)C)COC(C)(C)C. The molecule has 1 aromatic carbocycles. The second-order valence-corrected chi connectivity index (χ2v) is 7.10. The van der Waals surface area contributed by atoms with Gasteiger partial charge in [0, 0.05) is 5.69 Å². The van der Waals surface area contributed by atoms with Crippen molar-refractivity contribution in [1.29, 1.82) is 0 Å². The van der Waals surface area contributed by atoms with E-state index in [4.69, 9.17) is 9.47 Å². The van der Waals surface area contributed by atoms with E-state index < -0.39 is 0 Å². The van der Waals surface area contributed by atoms with Gasteiger partial charge in [0.1, 0.15) is 13.5 Å². The van der Waals surface area contributed by atoms with Gasteiger partial charge in [-0.3, -0.25) is 0 Å². The maximum absolute atomic E-state index is 5.91. The zero-order valence-corrected chi connectivity index (χ0v) is 14.0. The highest BCUT2D eigenvalue weighted by Crippen LogP contribution is 2.22. The van der Waals surface area contributed by atoms with Crippen molar-refractivity contribution in [2.24, 2.45) is 0 Å². The minimum Gasteiger partial charge on any atom is -0.355 e. The molecule has 3 nitrogen and oxygen atoms in total. The van der Waals surface area contributed by atoms with Crippen LogP contribution in [-0.2, 0) is 9.47 Å². The Morgan fingerprint density at radius 3 is 1.70 bits per heavy atom. The van der Waals surface area contributed by atoms with Crippen LogP contribution in [0, 0.1) is 6.92 Å². The molecule has 1 rings (SSSR count). The number of benzene rings is 1. The first-order valence-electron chi connectivity index (χ1n) is 7.17. The lowest BCUT2D eigenvalue weighted by Crippen LogP contribution is -2.37. The summed E-state index contributed by atoms with van der Waals surface area (Å²) in [6, 6.07) is 8.31. The fourth-order valence-corrected chi connectivity index (χ4v) is 1.64. The van der Waals surface area contributed by atoms with Crippen LogP contribution in [0.25, 0.3) is 0 Å². The summed E-state index contributed by atoms with van der Waals surface area (Å²) in [7, 11) is 0. The predicted molar refractivity (Wildman–Crippen MR) is 85.1 cm³/mol. The van der Waals surface area contributed by atoms with Gasteiger partial charge in [0.05, 0.1) is 11.2 Å². The third-order valence-electron chi connectivity index (χ3n) is 2.76. The molecule has 20 heavy (non-hydrogen) atoms. The summed E-state index contributed by atoms with van der Waals surface area (Å²) in [5.41, 5.74) is 2.05. The zero-order chi connectivity index (χ0) is 15.4. The first-order chi connectivity index (χ1) is 9.08. The van der Waals surface area contributed by atoms with E-state index >= 15 is 0 Å². The Bertz CT molecular complexity index is 398. The van der Waals surface area contributed by atoms with Crippen LogP contribution in [0.2, 0.25) is 0 Å². The Hall–Kier alpha value is -1.06. The van der Waals surface area contributed by atoms with Crippen molar-refractivity contribution in [3.63, 3.8) is 0 Å². The van der Waals surface area contributed by atoms with E-state index in [2.05, 4.69) is 65.5 Å². The number of rotatable bonds is 5. The third kappa shape index (κ3) is 6.40. The van der Waals surface area contributed by atoms with Crippen LogP contribution in [0.1, 0.15) is 47.1 Å². The van der Waals surface area contributed by atoms with Gasteiger partial charge in [-0.05, 0) is 60.1 Å². The lowest BCUT2D eigenvalue weighted by molar-refractivity contribution is -0.0377. The Morgan fingerprint density at radius 2 is 1.30 bits per heavy atom. The van der Waals surface area contributed by atoms with Crippen molar-refractivity contribution in [3.05, 3.63) is 29.8 Å². The summed E-state index contributed by atoms with van der Waals surface area (Å²) in [4.78, 5) is 2.13. The molecule has 0 aromatic heterocycles. The average molecular weight is 279 g/mol. The number of para-hydroxylation sites is 1. The molecule has 0 heterocycles. The third-order valence-corrected chi connectivity index (χ3v) is 2.76. The molecule has 3 heteroatoms. The molecule has 1 aromatic rings. The fourth-order valence-electron chi connectivity index (χ4n) is 1.64. The van der Waals surface area contributed by atoms with E-state index in [1.54, 1.807) is 0 Å². The topological polar surface area (TPSA) is 21.7 Å². The van der Waals surface area contributed by atoms with Gasteiger partial charge in [0.2, 0.25) is 0 Å². The molecule has 114 valence electrons. The van der Waals surface area contributed by atoms with E-state index in [0.717, 1.165) is 5.69 Å². The largest absolute Gasteiger partial charge is 0.355 e. The molecule has 0 saturated carbocycles. The van der Waals surface area contributed by atoms with Crippen molar-refractivity contribution >= 4 is 5.69 Å². The fraction of sp³-hybridized carbons (Fsp3) is 0.647. The molecule has 0 bridgehead atoms. The Balaban J connectivity index is 2.82.